The van der Waals surface area contributed by atoms with Crippen molar-refractivity contribution in [3.05, 3.63) is 53.7 Å². The molecule has 144 valence electrons. The van der Waals surface area contributed by atoms with Crippen molar-refractivity contribution >= 4 is 5.91 Å². The van der Waals surface area contributed by atoms with E-state index in [4.69, 9.17) is 4.74 Å². The molecule has 0 unspecified atom stereocenters. The van der Waals surface area contributed by atoms with Crippen LogP contribution in [0.3, 0.4) is 0 Å². The number of nitrogens with zero attached hydrogens (tertiary/aromatic N) is 3. The van der Waals surface area contributed by atoms with Gasteiger partial charge < -0.3 is 9.64 Å². The molecule has 1 amide bonds. The second-order valence-corrected chi connectivity index (χ2v) is 7.34. The normalized spacial score (nSPS) is 15.2. The van der Waals surface area contributed by atoms with Gasteiger partial charge in [-0.2, -0.15) is 0 Å². The summed E-state index contributed by atoms with van der Waals surface area (Å²) in [6.07, 6.45) is 2.76. The van der Waals surface area contributed by atoms with E-state index in [-0.39, 0.29) is 5.91 Å². The molecule has 1 aromatic carbocycles. The van der Waals surface area contributed by atoms with Gasteiger partial charge in [-0.15, -0.1) is 0 Å². The molecule has 0 radical (unpaired) electrons. The van der Waals surface area contributed by atoms with Crippen molar-refractivity contribution in [1.82, 2.24) is 14.8 Å². The molecule has 1 saturated heterocycles. The maximum absolute atomic E-state index is 12.7. The van der Waals surface area contributed by atoms with E-state index in [1.54, 1.807) is 18.3 Å². The van der Waals surface area contributed by atoms with Crippen molar-refractivity contribution in [3.8, 4) is 11.6 Å². The molecular weight excluding hydrogens is 338 g/mol. The molecule has 0 atom stereocenters. The SMILES string of the molecule is CCCN1CCN(C(=O)c2ccc(Oc3ccc(C(C)C)cc3)nc2)CC1. The second kappa shape index (κ2) is 9.00. The number of hydrogen-bond donors (Lipinski definition) is 0. The first-order valence-corrected chi connectivity index (χ1v) is 9.82. The Morgan fingerprint density at radius 1 is 1.07 bits per heavy atom. The fraction of sp³-hybridized carbons (Fsp3) is 0.455. The highest BCUT2D eigenvalue weighted by molar-refractivity contribution is 5.94. The molecule has 0 saturated carbocycles. The number of amides is 1. The Hall–Kier alpha value is -2.40. The van der Waals surface area contributed by atoms with E-state index in [2.05, 4.69) is 42.8 Å². The van der Waals surface area contributed by atoms with E-state index in [1.165, 1.54) is 5.56 Å². The topological polar surface area (TPSA) is 45.7 Å². The fourth-order valence-electron chi connectivity index (χ4n) is 3.28. The Morgan fingerprint density at radius 2 is 1.78 bits per heavy atom. The Bertz CT molecular complexity index is 733. The first kappa shape index (κ1) is 19.4. The molecule has 5 nitrogen and oxygen atoms in total. The van der Waals surface area contributed by atoms with E-state index in [0.717, 1.165) is 44.9 Å². The number of ether oxygens (including phenoxy) is 1. The average molecular weight is 367 g/mol. The number of hydrogen-bond acceptors (Lipinski definition) is 4. The van der Waals surface area contributed by atoms with Crippen molar-refractivity contribution in [2.45, 2.75) is 33.1 Å². The third-order valence-electron chi connectivity index (χ3n) is 4.95. The van der Waals surface area contributed by atoms with Gasteiger partial charge in [0.05, 0.1) is 5.56 Å². The molecule has 5 heteroatoms. The molecule has 1 aliphatic heterocycles. The lowest BCUT2D eigenvalue weighted by Crippen LogP contribution is -2.48. The first-order valence-electron chi connectivity index (χ1n) is 9.82. The van der Waals surface area contributed by atoms with E-state index in [0.29, 0.717) is 17.4 Å². The van der Waals surface area contributed by atoms with E-state index < -0.39 is 0 Å². The second-order valence-electron chi connectivity index (χ2n) is 7.34. The van der Waals surface area contributed by atoms with Gasteiger partial charge in [0.2, 0.25) is 5.88 Å². The molecule has 0 aliphatic carbocycles. The molecular formula is C22H29N3O2. The van der Waals surface area contributed by atoms with Gasteiger partial charge in [0.25, 0.3) is 5.91 Å². The van der Waals surface area contributed by atoms with Crippen molar-refractivity contribution in [1.29, 1.82) is 0 Å². The lowest BCUT2D eigenvalue weighted by molar-refractivity contribution is 0.0637. The summed E-state index contributed by atoms with van der Waals surface area (Å²) in [6.45, 7) is 11.1. The van der Waals surface area contributed by atoms with Gasteiger partial charge in [0, 0.05) is 38.4 Å². The van der Waals surface area contributed by atoms with Crippen LogP contribution in [0.4, 0.5) is 0 Å². The number of piperazine rings is 1. The number of carbonyl (C=O) groups excluding carboxylic acids is 1. The monoisotopic (exact) mass is 367 g/mol. The Kier molecular flexibility index (Phi) is 6.45. The van der Waals surface area contributed by atoms with Crippen LogP contribution in [0, 0.1) is 0 Å². The summed E-state index contributed by atoms with van der Waals surface area (Å²) in [4.78, 5) is 21.3. The van der Waals surface area contributed by atoms with Gasteiger partial charge in [-0.05, 0) is 42.6 Å². The summed E-state index contributed by atoms with van der Waals surface area (Å²) in [6, 6.07) is 11.6. The molecule has 2 heterocycles. The standard InChI is InChI=1S/C22H29N3O2/c1-4-11-24-12-14-25(15-13-24)22(26)19-7-10-21(23-16-19)27-20-8-5-18(6-9-20)17(2)3/h5-10,16-17H,4,11-15H2,1-3H3. The van der Waals surface area contributed by atoms with Crippen LogP contribution in [0.15, 0.2) is 42.6 Å². The minimum atomic E-state index is 0.0477. The van der Waals surface area contributed by atoms with Gasteiger partial charge in [0.1, 0.15) is 5.75 Å². The summed E-state index contributed by atoms with van der Waals surface area (Å²) >= 11 is 0. The van der Waals surface area contributed by atoms with Crippen LogP contribution in [-0.4, -0.2) is 53.4 Å². The summed E-state index contributed by atoms with van der Waals surface area (Å²) in [5, 5.41) is 0. The van der Waals surface area contributed by atoms with Crippen molar-refractivity contribution in [2.75, 3.05) is 32.7 Å². The largest absolute Gasteiger partial charge is 0.439 e. The molecule has 0 spiro atoms. The van der Waals surface area contributed by atoms with Gasteiger partial charge in [-0.3, -0.25) is 9.69 Å². The highest BCUT2D eigenvalue weighted by Crippen LogP contribution is 2.23. The summed E-state index contributed by atoms with van der Waals surface area (Å²) in [7, 11) is 0. The molecule has 1 fully saturated rings. The van der Waals surface area contributed by atoms with Gasteiger partial charge in [-0.25, -0.2) is 4.98 Å². The summed E-state index contributed by atoms with van der Waals surface area (Å²) in [5.41, 5.74) is 1.89. The third-order valence-corrected chi connectivity index (χ3v) is 4.95. The minimum absolute atomic E-state index is 0.0477. The lowest BCUT2D eigenvalue weighted by Gasteiger charge is -2.34. The Balaban J connectivity index is 1.57. The van der Waals surface area contributed by atoms with Crippen LogP contribution in [0.25, 0.3) is 0 Å². The molecule has 1 aromatic heterocycles. The molecule has 1 aliphatic rings. The molecule has 0 N–H and O–H groups in total. The number of carbonyl (C=O) groups is 1. The number of rotatable bonds is 6. The molecule has 27 heavy (non-hydrogen) atoms. The van der Waals surface area contributed by atoms with Crippen LogP contribution in [0.5, 0.6) is 11.6 Å². The smallest absolute Gasteiger partial charge is 0.255 e. The predicted molar refractivity (Wildman–Crippen MR) is 107 cm³/mol. The van der Waals surface area contributed by atoms with E-state index >= 15 is 0 Å². The minimum Gasteiger partial charge on any atom is -0.439 e. The first-order chi connectivity index (χ1) is 13.1. The van der Waals surface area contributed by atoms with Gasteiger partial charge in [0.15, 0.2) is 0 Å². The quantitative estimate of drug-likeness (QED) is 0.769. The summed E-state index contributed by atoms with van der Waals surface area (Å²) in [5.74, 6) is 1.78. The van der Waals surface area contributed by atoms with Crippen LogP contribution < -0.4 is 4.74 Å². The highest BCUT2D eigenvalue weighted by atomic mass is 16.5. The zero-order valence-corrected chi connectivity index (χ0v) is 16.5. The Labute approximate surface area is 162 Å². The zero-order chi connectivity index (χ0) is 19.2. The van der Waals surface area contributed by atoms with Crippen molar-refractivity contribution in [2.24, 2.45) is 0 Å². The molecule has 2 aromatic rings. The van der Waals surface area contributed by atoms with Crippen LogP contribution >= 0.6 is 0 Å². The van der Waals surface area contributed by atoms with Crippen molar-refractivity contribution in [3.63, 3.8) is 0 Å². The maximum atomic E-state index is 12.7. The van der Waals surface area contributed by atoms with E-state index in [1.807, 2.05) is 17.0 Å². The maximum Gasteiger partial charge on any atom is 0.255 e. The molecule has 0 bridgehead atoms. The number of pyridine rings is 1. The fourth-order valence-corrected chi connectivity index (χ4v) is 3.28. The van der Waals surface area contributed by atoms with Gasteiger partial charge >= 0.3 is 0 Å². The predicted octanol–water partition coefficient (Wildman–Crippen LogP) is 4.17. The zero-order valence-electron chi connectivity index (χ0n) is 16.5. The lowest BCUT2D eigenvalue weighted by atomic mass is 10.0. The van der Waals surface area contributed by atoms with Gasteiger partial charge in [-0.1, -0.05) is 32.9 Å². The third kappa shape index (κ3) is 5.07. The average Bonchev–Trinajstić information content (AvgIpc) is 2.69. The Morgan fingerprint density at radius 3 is 2.33 bits per heavy atom. The van der Waals surface area contributed by atoms with Crippen LogP contribution in [0.2, 0.25) is 0 Å². The number of benzene rings is 1. The molecule has 3 rings (SSSR count). The van der Waals surface area contributed by atoms with Crippen LogP contribution in [0.1, 0.15) is 49.0 Å². The van der Waals surface area contributed by atoms with Crippen LogP contribution in [-0.2, 0) is 0 Å². The highest BCUT2D eigenvalue weighted by Gasteiger charge is 2.21. The summed E-state index contributed by atoms with van der Waals surface area (Å²) < 4.78 is 5.79. The van der Waals surface area contributed by atoms with E-state index in [9.17, 15) is 4.79 Å². The number of aromatic nitrogens is 1. The van der Waals surface area contributed by atoms with Crippen molar-refractivity contribution < 1.29 is 9.53 Å².